The van der Waals surface area contributed by atoms with E-state index in [9.17, 15) is 4.39 Å². The first-order valence-corrected chi connectivity index (χ1v) is 7.31. The van der Waals surface area contributed by atoms with Crippen molar-refractivity contribution in [3.8, 4) is 0 Å². The van der Waals surface area contributed by atoms with E-state index in [0.717, 1.165) is 23.7 Å². The number of nitrogens with zero attached hydrogens (tertiary/aromatic N) is 1. The van der Waals surface area contributed by atoms with Crippen LogP contribution in [0.5, 0.6) is 0 Å². The lowest BCUT2D eigenvalue weighted by Crippen LogP contribution is -2.15. The fourth-order valence-corrected chi connectivity index (χ4v) is 3.15. The number of rotatable bonds is 2. The maximum Gasteiger partial charge on any atom is 0.128 e. The van der Waals surface area contributed by atoms with Crippen LogP contribution in [0, 0.1) is 5.82 Å². The second kappa shape index (κ2) is 5.10. The van der Waals surface area contributed by atoms with Crippen LogP contribution in [0.2, 0.25) is 0 Å². The van der Waals surface area contributed by atoms with Crippen LogP contribution in [-0.2, 0) is 13.0 Å². The van der Waals surface area contributed by atoms with Crippen molar-refractivity contribution in [2.75, 3.05) is 0 Å². The molecule has 0 spiro atoms. The predicted molar refractivity (Wildman–Crippen MR) is 77.5 cm³/mol. The number of nitrogens with two attached hydrogens (primary N) is 1. The number of benzene rings is 1. The standard InChI is InChI=1S/C15H16BrFN2/c16-12-4-5-14(17)11(6-12)8-19-7-10-2-1-3-15(18)13(10)9-19/h4-7,9,15H,1-3,8,18H2. The SMILES string of the molecule is NC1CCCc2cn(Cc3cc(Br)ccc3F)cc21. The van der Waals surface area contributed by atoms with Gasteiger partial charge in [0.15, 0.2) is 0 Å². The van der Waals surface area contributed by atoms with Crippen molar-refractivity contribution in [1.29, 1.82) is 0 Å². The van der Waals surface area contributed by atoms with E-state index in [2.05, 4.69) is 28.3 Å². The molecular formula is C15H16BrFN2. The largest absolute Gasteiger partial charge is 0.349 e. The number of hydrogen-bond donors (Lipinski definition) is 1. The molecule has 0 saturated carbocycles. The van der Waals surface area contributed by atoms with Crippen LogP contribution in [0.25, 0.3) is 0 Å². The van der Waals surface area contributed by atoms with Gasteiger partial charge in [-0.05, 0) is 48.6 Å². The topological polar surface area (TPSA) is 30.9 Å². The normalized spacial score (nSPS) is 18.4. The maximum atomic E-state index is 13.8. The van der Waals surface area contributed by atoms with E-state index in [1.54, 1.807) is 6.07 Å². The molecule has 4 heteroatoms. The molecule has 1 aromatic heterocycles. The molecule has 1 heterocycles. The van der Waals surface area contributed by atoms with E-state index in [4.69, 9.17) is 5.73 Å². The van der Waals surface area contributed by atoms with Gasteiger partial charge in [0.2, 0.25) is 0 Å². The molecule has 1 aliphatic rings. The van der Waals surface area contributed by atoms with Crippen LogP contribution < -0.4 is 5.73 Å². The lowest BCUT2D eigenvalue weighted by atomic mass is 9.92. The van der Waals surface area contributed by atoms with E-state index >= 15 is 0 Å². The zero-order valence-corrected chi connectivity index (χ0v) is 12.2. The molecule has 1 unspecified atom stereocenters. The highest BCUT2D eigenvalue weighted by Crippen LogP contribution is 2.29. The van der Waals surface area contributed by atoms with Gasteiger partial charge < -0.3 is 10.3 Å². The van der Waals surface area contributed by atoms with Gasteiger partial charge in [-0.15, -0.1) is 0 Å². The van der Waals surface area contributed by atoms with Gasteiger partial charge in [0.25, 0.3) is 0 Å². The lowest BCUT2D eigenvalue weighted by molar-refractivity contribution is 0.573. The minimum Gasteiger partial charge on any atom is -0.349 e. The summed E-state index contributed by atoms with van der Waals surface area (Å²) in [5, 5.41) is 0. The summed E-state index contributed by atoms with van der Waals surface area (Å²) in [7, 11) is 0. The molecule has 0 aliphatic heterocycles. The van der Waals surface area contributed by atoms with E-state index in [1.165, 1.54) is 17.2 Å². The van der Waals surface area contributed by atoms with Crippen molar-refractivity contribution < 1.29 is 4.39 Å². The second-order valence-corrected chi connectivity index (χ2v) is 6.06. The summed E-state index contributed by atoms with van der Waals surface area (Å²) >= 11 is 3.38. The molecule has 100 valence electrons. The van der Waals surface area contributed by atoms with Gasteiger partial charge in [0.1, 0.15) is 5.82 Å². The van der Waals surface area contributed by atoms with Crippen LogP contribution in [0.15, 0.2) is 35.1 Å². The molecule has 2 aromatic rings. The Morgan fingerprint density at radius 2 is 2.21 bits per heavy atom. The van der Waals surface area contributed by atoms with Gasteiger partial charge in [-0.1, -0.05) is 15.9 Å². The fourth-order valence-electron chi connectivity index (χ4n) is 2.74. The zero-order chi connectivity index (χ0) is 13.4. The highest BCUT2D eigenvalue weighted by atomic mass is 79.9. The summed E-state index contributed by atoms with van der Waals surface area (Å²) in [5.41, 5.74) is 9.34. The van der Waals surface area contributed by atoms with Gasteiger partial charge in [-0.2, -0.15) is 0 Å². The van der Waals surface area contributed by atoms with E-state index in [0.29, 0.717) is 12.1 Å². The fraction of sp³-hybridized carbons (Fsp3) is 0.333. The Hall–Kier alpha value is -1.13. The Morgan fingerprint density at radius 3 is 3.00 bits per heavy atom. The summed E-state index contributed by atoms with van der Waals surface area (Å²) in [6.07, 6.45) is 7.44. The molecule has 2 nitrogen and oxygen atoms in total. The Balaban J connectivity index is 1.89. The summed E-state index contributed by atoms with van der Waals surface area (Å²) in [6.45, 7) is 0.547. The van der Waals surface area contributed by atoms with Crippen molar-refractivity contribution >= 4 is 15.9 Å². The average Bonchev–Trinajstić information content (AvgIpc) is 2.78. The number of aromatic nitrogens is 1. The molecule has 19 heavy (non-hydrogen) atoms. The summed E-state index contributed by atoms with van der Waals surface area (Å²) in [6, 6.07) is 5.18. The van der Waals surface area contributed by atoms with Crippen LogP contribution in [0.1, 0.15) is 35.6 Å². The van der Waals surface area contributed by atoms with E-state index < -0.39 is 0 Å². The highest BCUT2D eigenvalue weighted by molar-refractivity contribution is 9.10. The molecular weight excluding hydrogens is 307 g/mol. The Labute approximate surface area is 120 Å². The first-order valence-electron chi connectivity index (χ1n) is 6.51. The van der Waals surface area contributed by atoms with Gasteiger partial charge in [-0.3, -0.25) is 0 Å². The molecule has 1 atom stereocenters. The van der Waals surface area contributed by atoms with Gasteiger partial charge in [0.05, 0.1) is 0 Å². The average molecular weight is 323 g/mol. The van der Waals surface area contributed by atoms with Gasteiger partial charge in [0, 0.05) is 35.0 Å². The third-order valence-corrected chi connectivity index (χ3v) is 4.21. The molecule has 1 aliphatic carbocycles. The molecule has 3 rings (SSSR count). The maximum absolute atomic E-state index is 13.8. The van der Waals surface area contributed by atoms with Crippen LogP contribution in [0.3, 0.4) is 0 Å². The smallest absolute Gasteiger partial charge is 0.128 e. The van der Waals surface area contributed by atoms with Crippen LogP contribution >= 0.6 is 15.9 Å². The number of fused-ring (bicyclic) bond motifs is 1. The third kappa shape index (κ3) is 2.60. The minimum atomic E-state index is -0.167. The molecule has 2 N–H and O–H groups in total. The highest BCUT2D eigenvalue weighted by Gasteiger charge is 2.19. The summed E-state index contributed by atoms with van der Waals surface area (Å²) in [5.74, 6) is -0.167. The third-order valence-electron chi connectivity index (χ3n) is 3.72. The molecule has 0 bridgehead atoms. The Morgan fingerprint density at radius 1 is 1.37 bits per heavy atom. The van der Waals surface area contributed by atoms with Gasteiger partial charge in [-0.25, -0.2) is 4.39 Å². The monoisotopic (exact) mass is 322 g/mol. The summed E-state index contributed by atoms with van der Waals surface area (Å²) < 4.78 is 16.7. The number of aryl methyl sites for hydroxylation is 1. The van der Waals surface area contributed by atoms with Crippen molar-refractivity contribution in [3.63, 3.8) is 0 Å². The Bertz CT molecular complexity index is 606. The van der Waals surface area contributed by atoms with Crippen molar-refractivity contribution in [2.45, 2.75) is 31.8 Å². The quantitative estimate of drug-likeness (QED) is 0.896. The zero-order valence-electron chi connectivity index (χ0n) is 10.6. The van der Waals surface area contributed by atoms with Crippen molar-refractivity contribution in [2.24, 2.45) is 5.73 Å². The molecule has 0 fully saturated rings. The van der Waals surface area contributed by atoms with E-state index in [1.807, 2.05) is 10.6 Å². The minimum absolute atomic E-state index is 0.136. The van der Waals surface area contributed by atoms with Crippen LogP contribution in [-0.4, -0.2) is 4.57 Å². The molecule has 0 radical (unpaired) electrons. The molecule has 1 aromatic carbocycles. The van der Waals surface area contributed by atoms with Gasteiger partial charge >= 0.3 is 0 Å². The van der Waals surface area contributed by atoms with E-state index in [-0.39, 0.29) is 11.9 Å². The molecule has 0 saturated heterocycles. The summed E-state index contributed by atoms with van der Waals surface area (Å²) in [4.78, 5) is 0. The second-order valence-electron chi connectivity index (χ2n) is 5.15. The first kappa shape index (κ1) is 12.9. The molecule has 0 amide bonds. The Kier molecular flexibility index (Phi) is 3.46. The lowest BCUT2D eigenvalue weighted by Gasteiger charge is -2.17. The first-order chi connectivity index (χ1) is 9.13. The van der Waals surface area contributed by atoms with Crippen molar-refractivity contribution in [1.82, 2.24) is 4.57 Å². The van der Waals surface area contributed by atoms with Crippen molar-refractivity contribution in [3.05, 3.63) is 57.6 Å². The number of halogens is 2. The number of hydrogen-bond acceptors (Lipinski definition) is 1. The predicted octanol–water partition coefficient (Wildman–Crippen LogP) is 3.77. The van der Waals surface area contributed by atoms with Crippen LogP contribution in [0.4, 0.5) is 4.39 Å².